The molecule has 1 rings (SSSR count). The molecule has 0 aliphatic carbocycles. The molecule has 3 nitrogen and oxygen atoms in total. The third-order valence-electron chi connectivity index (χ3n) is 1.70. The lowest BCUT2D eigenvalue weighted by molar-refractivity contribution is 0.0992. The van der Waals surface area contributed by atoms with E-state index in [9.17, 15) is 5.11 Å². The molecule has 0 spiro atoms. The second-order valence-electron chi connectivity index (χ2n) is 2.94. The van der Waals surface area contributed by atoms with Crippen molar-refractivity contribution in [1.82, 2.24) is 4.98 Å². The molecule has 0 aromatic carbocycles. The van der Waals surface area contributed by atoms with Crippen molar-refractivity contribution in [2.24, 2.45) is 0 Å². The summed E-state index contributed by atoms with van der Waals surface area (Å²) in [5.74, 6) is 0.706. The predicted molar refractivity (Wildman–Crippen MR) is 50.6 cm³/mol. The SMILES string of the molecule is CCCC(O)COc1cccnc1. The van der Waals surface area contributed by atoms with Crippen molar-refractivity contribution >= 4 is 0 Å². The summed E-state index contributed by atoms with van der Waals surface area (Å²) in [7, 11) is 0. The average Bonchev–Trinajstić information content (AvgIpc) is 2.17. The van der Waals surface area contributed by atoms with Crippen molar-refractivity contribution in [2.75, 3.05) is 6.61 Å². The first-order valence-electron chi connectivity index (χ1n) is 4.54. The number of aliphatic hydroxyl groups is 1. The lowest BCUT2D eigenvalue weighted by Crippen LogP contribution is -2.16. The first kappa shape index (κ1) is 9.99. The fraction of sp³-hybridized carbons (Fsp3) is 0.500. The summed E-state index contributed by atoms with van der Waals surface area (Å²) in [5.41, 5.74) is 0. The second kappa shape index (κ2) is 5.54. The van der Waals surface area contributed by atoms with Crippen LogP contribution in [0.3, 0.4) is 0 Å². The van der Waals surface area contributed by atoms with Gasteiger partial charge in [0.2, 0.25) is 0 Å². The Morgan fingerprint density at radius 1 is 1.62 bits per heavy atom. The fourth-order valence-corrected chi connectivity index (χ4v) is 1.04. The molecule has 3 heteroatoms. The Morgan fingerprint density at radius 2 is 2.46 bits per heavy atom. The first-order chi connectivity index (χ1) is 6.33. The molecule has 0 amide bonds. The van der Waals surface area contributed by atoms with Gasteiger partial charge in [-0.1, -0.05) is 13.3 Å². The van der Waals surface area contributed by atoms with E-state index in [1.54, 1.807) is 12.4 Å². The molecule has 1 atom stereocenters. The van der Waals surface area contributed by atoms with Crippen molar-refractivity contribution in [3.63, 3.8) is 0 Å². The molecule has 0 bridgehead atoms. The molecule has 0 aliphatic rings. The van der Waals surface area contributed by atoms with E-state index in [0.717, 1.165) is 12.8 Å². The van der Waals surface area contributed by atoms with Gasteiger partial charge in [0.15, 0.2) is 0 Å². The van der Waals surface area contributed by atoms with Gasteiger partial charge < -0.3 is 9.84 Å². The van der Waals surface area contributed by atoms with Crippen molar-refractivity contribution < 1.29 is 9.84 Å². The number of hydrogen-bond donors (Lipinski definition) is 1. The molecule has 72 valence electrons. The molecule has 13 heavy (non-hydrogen) atoms. The highest BCUT2D eigenvalue weighted by Crippen LogP contribution is 2.07. The summed E-state index contributed by atoms with van der Waals surface area (Å²) in [6, 6.07) is 3.63. The van der Waals surface area contributed by atoms with Crippen LogP contribution < -0.4 is 4.74 Å². The molecular formula is C10H15NO2. The van der Waals surface area contributed by atoms with Crippen molar-refractivity contribution in [2.45, 2.75) is 25.9 Å². The van der Waals surface area contributed by atoms with Crippen LogP contribution in [0.1, 0.15) is 19.8 Å². The van der Waals surface area contributed by atoms with Crippen LogP contribution in [0, 0.1) is 0 Å². The Hall–Kier alpha value is -1.09. The molecule has 1 aromatic heterocycles. The largest absolute Gasteiger partial charge is 0.489 e. The number of ether oxygens (including phenoxy) is 1. The number of nitrogens with zero attached hydrogens (tertiary/aromatic N) is 1. The van der Waals surface area contributed by atoms with Crippen LogP contribution in [0.25, 0.3) is 0 Å². The summed E-state index contributed by atoms with van der Waals surface area (Å²) in [4.78, 5) is 3.90. The number of pyridine rings is 1. The molecule has 0 saturated carbocycles. The van der Waals surface area contributed by atoms with Crippen LogP contribution in [0.2, 0.25) is 0 Å². The van der Waals surface area contributed by atoms with Crippen molar-refractivity contribution in [1.29, 1.82) is 0 Å². The minimum absolute atomic E-state index is 0.347. The molecule has 0 saturated heterocycles. The van der Waals surface area contributed by atoms with E-state index in [0.29, 0.717) is 12.4 Å². The van der Waals surface area contributed by atoms with Gasteiger partial charge in [-0.05, 0) is 18.6 Å². The Bertz CT molecular complexity index is 226. The smallest absolute Gasteiger partial charge is 0.137 e. The summed E-state index contributed by atoms with van der Waals surface area (Å²) in [6.45, 7) is 2.38. The van der Waals surface area contributed by atoms with Gasteiger partial charge in [-0.25, -0.2) is 0 Å². The van der Waals surface area contributed by atoms with Crippen LogP contribution in [0.5, 0.6) is 5.75 Å². The maximum atomic E-state index is 9.37. The fourth-order valence-electron chi connectivity index (χ4n) is 1.04. The van der Waals surface area contributed by atoms with Crippen LogP contribution in [0.4, 0.5) is 0 Å². The van der Waals surface area contributed by atoms with E-state index >= 15 is 0 Å². The summed E-state index contributed by atoms with van der Waals surface area (Å²) in [6.07, 6.45) is 4.71. The van der Waals surface area contributed by atoms with E-state index in [2.05, 4.69) is 4.98 Å². The predicted octanol–water partition coefficient (Wildman–Crippen LogP) is 1.62. The Balaban J connectivity index is 2.27. The maximum Gasteiger partial charge on any atom is 0.137 e. The topological polar surface area (TPSA) is 42.4 Å². The number of aliphatic hydroxyl groups excluding tert-OH is 1. The minimum Gasteiger partial charge on any atom is -0.489 e. The van der Waals surface area contributed by atoms with Crippen LogP contribution in [-0.2, 0) is 0 Å². The van der Waals surface area contributed by atoms with Crippen LogP contribution in [0.15, 0.2) is 24.5 Å². The van der Waals surface area contributed by atoms with Gasteiger partial charge >= 0.3 is 0 Å². The molecule has 1 N–H and O–H groups in total. The average molecular weight is 181 g/mol. The van der Waals surface area contributed by atoms with Gasteiger partial charge in [-0.15, -0.1) is 0 Å². The monoisotopic (exact) mass is 181 g/mol. The highest BCUT2D eigenvalue weighted by Gasteiger charge is 2.02. The normalized spacial score (nSPS) is 12.5. The molecule has 1 heterocycles. The zero-order valence-electron chi connectivity index (χ0n) is 7.81. The lowest BCUT2D eigenvalue weighted by atomic mass is 10.2. The molecule has 0 fully saturated rings. The highest BCUT2D eigenvalue weighted by atomic mass is 16.5. The molecule has 0 aliphatic heterocycles. The lowest BCUT2D eigenvalue weighted by Gasteiger charge is -2.10. The van der Waals surface area contributed by atoms with Crippen LogP contribution >= 0.6 is 0 Å². The van der Waals surface area contributed by atoms with E-state index in [1.165, 1.54) is 0 Å². The van der Waals surface area contributed by atoms with Crippen LogP contribution in [-0.4, -0.2) is 22.8 Å². The third-order valence-corrected chi connectivity index (χ3v) is 1.70. The second-order valence-corrected chi connectivity index (χ2v) is 2.94. The Labute approximate surface area is 78.4 Å². The van der Waals surface area contributed by atoms with Gasteiger partial charge in [0.25, 0.3) is 0 Å². The highest BCUT2D eigenvalue weighted by molar-refractivity contribution is 5.15. The minimum atomic E-state index is -0.370. The molecule has 1 aromatic rings. The molecule has 1 unspecified atom stereocenters. The van der Waals surface area contributed by atoms with Gasteiger partial charge in [0.1, 0.15) is 12.4 Å². The van der Waals surface area contributed by atoms with Gasteiger partial charge in [0.05, 0.1) is 12.3 Å². The summed E-state index contributed by atoms with van der Waals surface area (Å²) >= 11 is 0. The molecule has 0 radical (unpaired) electrons. The van der Waals surface area contributed by atoms with Crippen molar-refractivity contribution in [3.05, 3.63) is 24.5 Å². The van der Waals surface area contributed by atoms with Gasteiger partial charge in [0, 0.05) is 6.20 Å². The first-order valence-corrected chi connectivity index (χ1v) is 4.54. The Morgan fingerprint density at radius 3 is 3.08 bits per heavy atom. The third kappa shape index (κ3) is 3.90. The van der Waals surface area contributed by atoms with Gasteiger partial charge in [-0.2, -0.15) is 0 Å². The summed E-state index contributed by atoms with van der Waals surface area (Å²) in [5, 5.41) is 9.37. The zero-order chi connectivity index (χ0) is 9.52. The summed E-state index contributed by atoms with van der Waals surface area (Å²) < 4.78 is 5.31. The zero-order valence-corrected chi connectivity index (χ0v) is 7.81. The maximum absolute atomic E-state index is 9.37. The number of aromatic nitrogens is 1. The van der Waals surface area contributed by atoms with E-state index in [-0.39, 0.29) is 6.10 Å². The number of hydrogen-bond acceptors (Lipinski definition) is 3. The van der Waals surface area contributed by atoms with Gasteiger partial charge in [-0.3, -0.25) is 4.98 Å². The Kier molecular flexibility index (Phi) is 4.26. The van der Waals surface area contributed by atoms with E-state index < -0.39 is 0 Å². The standard InChI is InChI=1S/C10H15NO2/c1-2-4-9(12)8-13-10-5-3-6-11-7-10/h3,5-7,9,12H,2,4,8H2,1H3. The quantitative estimate of drug-likeness (QED) is 0.750. The molecular weight excluding hydrogens is 166 g/mol. The number of rotatable bonds is 5. The van der Waals surface area contributed by atoms with E-state index in [4.69, 9.17) is 4.74 Å². The van der Waals surface area contributed by atoms with E-state index in [1.807, 2.05) is 19.1 Å². The van der Waals surface area contributed by atoms with Crippen molar-refractivity contribution in [3.8, 4) is 5.75 Å².